The fraction of sp³-hybridized carbons (Fsp3) is 0.667. The van der Waals surface area contributed by atoms with Crippen molar-refractivity contribution >= 4 is 0 Å². The Morgan fingerprint density at radius 3 is 2.79 bits per heavy atom. The lowest BCUT2D eigenvalue weighted by Gasteiger charge is -2.26. The summed E-state index contributed by atoms with van der Waals surface area (Å²) in [7, 11) is 1.93. The Kier molecular flexibility index (Phi) is 6.27. The van der Waals surface area contributed by atoms with Crippen LogP contribution in [-0.4, -0.2) is 43.2 Å². The van der Waals surface area contributed by atoms with Gasteiger partial charge in [0.1, 0.15) is 0 Å². The number of nitrogens with zero attached hydrogens (tertiary/aromatic N) is 2. The van der Waals surface area contributed by atoms with Gasteiger partial charge >= 0.3 is 0 Å². The summed E-state index contributed by atoms with van der Waals surface area (Å²) in [6.45, 7) is 5.75. The first-order valence-electron chi connectivity index (χ1n) is 7.28. The number of likely N-dealkylation sites (tertiary alicyclic amines) is 1. The van der Waals surface area contributed by atoms with Crippen molar-refractivity contribution in [1.29, 1.82) is 0 Å². The van der Waals surface area contributed by atoms with Gasteiger partial charge in [-0.15, -0.1) is 0 Å². The van der Waals surface area contributed by atoms with E-state index in [-0.39, 0.29) is 0 Å². The number of nitrogens with one attached hydrogen (secondary N) is 1. The molecule has 0 aromatic carbocycles. The Morgan fingerprint density at radius 1 is 1.21 bits per heavy atom. The van der Waals surface area contributed by atoms with Crippen LogP contribution in [0.2, 0.25) is 0 Å². The molecule has 1 saturated heterocycles. The predicted octanol–water partition coefficient (Wildman–Crippen LogP) is 1.80. The molecule has 1 aromatic rings. The van der Waals surface area contributed by atoms with Crippen molar-refractivity contribution in [1.82, 2.24) is 15.2 Å². The van der Waals surface area contributed by atoms with Crippen molar-refractivity contribution in [2.24, 2.45) is 0 Å². The number of aromatic nitrogens is 1. The minimum atomic E-state index is 0.616. The van der Waals surface area contributed by atoms with Crippen LogP contribution in [0, 0.1) is 0 Å². The van der Waals surface area contributed by atoms with Gasteiger partial charge in [0.05, 0.1) is 24.6 Å². The molecule has 4 heteroatoms. The molecular formula is C15H25N3O. The van der Waals surface area contributed by atoms with Gasteiger partial charge in [0, 0.05) is 13.1 Å². The van der Waals surface area contributed by atoms with Crippen LogP contribution in [-0.2, 0) is 17.9 Å². The highest BCUT2D eigenvalue weighted by molar-refractivity contribution is 5.10. The molecule has 0 spiro atoms. The van der Waals surface area contributed by atoms with E-state index in [1.54, 1.807) is 0 Å². The summed E-state index contributed by atoms with van der Waals surface area (Å²) in [4.78, 5) is 7.04. The van der Waals surface area contributed by atoms with Crippen LogP contribution in [0.5, 0.6) is 0 Å². The molecule has 0 amide bonds. The Hall–Kier alpha value is -0.970. The maximum absolute atomic E-state index is 5.73. The van der Waals surface area contributed by atoms with Gasteiger partial charge in [-0.3, -0.25) is 4.98 Å². The van der Waals surface area contributed by atoms with E-state index in [9.17, 15) is 0 Å². The van der Waals surface area contributed by atoms with Crippen LogP contribution in [0.1, 0.15) is 30.7 Å². The first-order valence-corrected chi connectivity index (χ1v) is 7.28. The topological polar surface area (TPSA) is 37.4 Å². The van der Waals surface area contributed by atoms with E-state index >= 15 is 0 Å². The molecule has 0 atom stereocenters. The van der Waals surface area contributed by atoms with Crippen molar-refractivity contribution in [3.63, 3.8) is 0 Å². The molecule has 1 N–H and O–H groups in total. The maximum atomic E-state index is 5.73. The molecule has 4 nitrogen and oxygen atoms in total. The van der Waals surface area contributed by atoms with E-state index in [0.29, 0.717) is 6.61 Å². The van der Waals surface area contributed by atoms with Crippen molar-refractivity contribution in [2.75, 3.05) is 33.3 Å². The van der Waals surface area contributed by atoms with Gasteiger partial charge in [0.2, 0.25) is 0 Å². The summed E-state index contributed by atoms with van der Waals surface area (Å²) in [5, 5.41) is 3.11. The Bertz CT molecular complexity index is 364. The second kappa shape index (κ2) is 8.25. The van der Waals surface area contributed by atoms with Crippen molar-refractivity contribution in [2.45, 2.75) is 32.4 Å². The summed E-state index contributed by atoms with van der Waals surface area (Å²) in [5.74, 6) is 0. The number of ether oxygens (including phenoxy) is 1. The molecular weight excluding hydrogens is 238 g/mol. The van der Waals surface area contributed by atoms with Gasteiger partial charge in [0.25, 0.3) is 0 Å². The van der Waals surface area contributed by atoms with Crippen LogP contribution in [0.25, 0.3) is 0 Å². The largest absolute Gasteiger partial charge is 0.374 e. The molecule has 0 radical (unpaired) electrons. The summed E-state index contributed by atoms with van der Waals surface area (Å²) < 4.78 is 5.73. The second-order valence-corrected chi connectivity index (χ2v) is 5.11. The monoisotopic (exact) mass is 263 g/mol. The third kappa shape index (κ3) is 5.27. The normalized spacial score (nSPS) is 16.7. The lowest BCUT2D eigenvalue weighted by molar-refractivity contribution is 0.0844. The van der Waals surface area contributed by atoms with Gasteiger partial charge in [-0.1, -0.05) is 12.5 Å². The zero-order valence-corrected chi connectivity index (χ0v) is 11.9. The highest BCUT2D eigenvalue weighted by Gasteiger charge is 2.09. The third-order valence-electron chi connectivity index (χ3n) is 3.47. The molecule has 2 heterocycles. The highest BCUT2D eigenvalue weighted by atomic mass is 16.5. The zero-order valence-electron chi connectivity index (χ0n) is 11.9. The summed E-state index contributed by atoms with van der Waals surface area (Å²) in [6, 6.07) is 6.11. The molecule has 0 unspecified atom stereocenters. The number of hydrogen-bond acceptors (Lipinski definition) is 4. The van der Waals surface area contributed by atoms with E-state index in [2.05, 4.69) is 15.2 Å². The lowest BCUT2D eigenvalue weighted by Crippen LogP contribution is -2.32. The van der Waals surface area contributed by atoms with Crippen LogP contribution in [0.3, 0.4) is 0 Å². The number of piperidine rings is 1. The molecule has 106 valence electrons. The van der Waals surface area contributed by atoms with E-state index in [1.807, 2.05) is 25.2 Å². The zero-order chi connectivity index (χ0) is 13.3. The van der Waals surface area contributed by atoms with Crippen LogP contribution in [0.4, 0.5) is 0 Å². The van der Waals surface area contributed by atoms with E-state index in [1.165, 1.54) is 32.4 Å². The molecule has 19 heavy (non-hydrogen) atoms. The summed E-state index contributed by atoms with van der Waals surface area (Å²) in [5.41, 5.74) is 2.09. The van der Waals surface area contributed by atoms with Crippen molar-refractivity contribution in [3.05, 3.63) is 29.6 Å². The molecule has 2 rings (SSSR count). The molecule has 1 aromatic heterocycles. The minimum absolute atomic E-state index is 0.616. The quantitative estimate of drug-likeness (QED) is 0.761. The van der Waals surface area contributed by atoms with E-state index < -0.39 is 0 Å². The first kappa shape index (κ1) is 14.4. The van der Waals surface area contributed by atoms with Crippen LogP contribution >= 0.6 is 0 Å². The molecule has 1 aliphatic heterocycles. The average molecular weight is 263 g/mol. The standard InChI is InChI=1S/C15H25N3O/c1-16-12-14-6-5-7-15(17-14)13-19-11-10-18-8-3-2-4-9-18/h5-7,16H,2-4,8-13H2,1H3. The molecule has 0 bridgehead atoms. The summed E-state index contributed by atoms with van der Waals surface area (Å²) in [6.07, 6.45) is 4.07. The second-order valence-electron chi connectivity index (χ2n) is 5.11. The molecule has 0 aliphatic carbocycles. The fourth-order valence-electron chi connectivity index (χ4n) is 2.44. The highest BCUT2D eigenvalue weighted by Crippen LogP contribution is 2.08. The SMILES string of the molecule is CNCc1cccc(COCCN2CCCCC2)n1. The smallest absolute Gasteiger partial charge is 0.0888 e. The van der Waals surface area contributed by atoms with Crippen LogP contribution in [0.15, 0.2) is 18.2 Å². The number of pyridine rings is 1. The first-order chi connectivity index (χ1) is 9.38. The Labute approximate surface area is 116 Å². The van der Waals surface area contributed by atoms with Gasteiger partial charge < -0.3 is 15.0 Å². The van der Waals surface area contributed by atoms with Gasteiger partial charge in [-0.05, 0) is 45.1 Å². The molecule has 1 aliphatic rings. The molecule has 1 fully saturated rings. The van der Waals surface area contributed by atoms with Crippen molar-refractivity contribution in [3.8, 4) is 0 Å². The summed E-state index contributed by atoms with van der Waals surface area (Å²) >= 11 is 0. The molecule has 0 saturated carbocycles. The lowest BCUT2D eigenvalue weighted by atomic mass is 10.1. The minimum Gasteiger partial charge on any atom is -0.374 e. The Morgan fingerprint density at radius 2 is 2.00 bits per heavy atom. The fourth-order valence-corrected chi connectivity index (χ4v) is 2.44. The maximum Gasteiger partial charge on any atom is 0.0888 e. The van der Waals surface area contributed by atoms with Crippen LogP contribution < -0.4 is 5.32 Å². The van der Waals surface area contributed by atoms with Crippen molar-refractivity contribution < 1.29 is 4.74 Å². The van der Waals surface area contributed by atoms with E-state index in [0.717, 1.165) is 31.1 Å². The number of rotatable bonds is 7. The van der Waals surface area contributed by atoms with Gasteiger partial charge in [-0.25, -0.2) is 0 Å². The predicted molar refractivity (Wildman–Crippen MR) is 76.9 cm³/mol. The third-order valence-corrected chi connectivity index (χ3v) is 3.47. The van der Waals surface area contributed by atoms with Gasteiger partial charge in [-0.2, -0.15) is 0 Å². The number of hydrogen-bond donors (Lipinski definition) is 1. The van der Waals surface area contributed by atoms with Gasteiger partial charge in [0.15, 0.2) is 0 Å². The Balaban J connectivity index is 1.65. The van der Waals surface area contributed by atoms with E-state index in [4.69, 9.17) is 4.74 Å². The average Bonchev–Trinajstić information content (AvgIpc) is 2.46.